The average molecular weight is 595 g/mol. The number of hydrogen-bond acceptors (Lipinski definition) is 2. The molecule has 0 fully saturated rings. The van der Waals surface area contributed by atoms with Gasteiger partial charge in [-0.15, -0.1) is 0 Å². The SMILES string of the molecule is CCn1c2ccccc2c2cc(/C=C/c3ccc(-c4ccc(/C=C/c5ccc6c(c5)c5ccccc5n6CC)cn4)nc3)ccc21. The minimum atomic E-state index is 0.860. The van der Waals surface area contributed by atoms with Crippen molar-refractivity contribution in [2.24, 2.45) is 0 Å². The third-order valence-electron chi connectivity index (χ3n) is 9.00. The highest BCUT2D eigenvalue weighted by Gasteiger charge is 2.10. The van der Waals surface area contributed by atoms with E-state index >= 15 is 0 Å². The van der Waals surface area contributed by atoms with Crippen molar-refractivity contribution in [1.29, 1.82) is 0 Å². The first-order chi connectivity index (χ1) is 22.7. The van der Waals surface area contributed by atoms with Crippen molar-refractivity contribution in [3.63, 3.8) is 0 Å². The number of pyridine rings is 2. The molecular formula is C42H34N4. The fraction of sp³-hybridized carbons (Fsp3) is 0.0952. The first kappa shape index (κ1) is 27.8. The van der Waals surface area contributed by atoms with Crippen LogP contribution in [0.2, 0.25) is 0 Å². The van der Waals surface area contributed by atoms with E-state index in [0.717, 1.165) is 35.6 Å². The Balaban J connectivity index is 0.979. The second-order valence-electron chi connectivity index (χ2n) is 11.7. The number of fused-ring (bicyclic) bond motifs is 6. The van der Waals surface area contributed by atoms with Crippen LogP contribution in [-0.2, 0) is 13.1 Å². The fourth-order valence-electron chi connectivity index (χ4n) is 6.73. The second kappa shape index (κ2) is 11.6. The van der Waals surface area contributed by atoms with Gasteiger partial charge in [0.2, 0.25) is 0 Å². The van der Waals surface area contributed by atoms with Gasteiger partial charge >= 0.3 is 0 Å². The number of para-hydroxylation sites is 2. The van der Waals surface area contributed by atoms with Crippen LogP contribution in [0.4, 0.5) is 0 Å². The zero-order chi connectivity index (χ0) is 31.0. The van der Waals surface area contributed by atoms with E-state index in [1.165, 1.54) is 54.7 Å². The molecule has 0 bridgehead atoms. The van der Waals surface area contributed by atoms with Gasteiger partial charge in [-0.2, -0.15) is 0 Å². The molecule has 4 heterocycles. The van der Waals surface area contributed by atoms with Crippen LogP contribution in [-0.4, -0.2) is 19.1 Å². The van der Waals surface area contributed by atoms with Gasteiger partial charge in [0.25, 0.3) is 0 Å². The zero-order valence-corrected chi connectivity index (χ0v) is 26.1. The lowest BCUT2D eigenvalue weighted by molar-refractivity contribution is 0.827. The van der Waals surface area contributed by atoms with Crippen LogP contribution in [0.1, 0.15) is 36.1 Å². The van der Waals surface area contributed by atoms with Crippen molar-refractivity contribution in [2.45, 2.75) is 26.9 Å². The molecule has 0 saturated carbocycles. The Hall–Kier alpha value is -5.74. The molecule has 0 radical (unpaired) electrons. The predicted octanol–water partition coefficient (Wildman–Crippen LogP) is 10.7. The van der Waals surface area contributed by atoms with Crippen LogP contribution in [0.15, 0.2) is 122 Å². The van der Waals surface area contributed by atoms with E-state index in [0.29, 0.717) is 0 Å². The molecule has 0 N–H and O–H groups in total. The molecule has 0 saturated heterocycles. The predicted molar refractivity (Wildman–Crippen MR) is 196 cm³/mol. The molecule has 0 aliphatic carbocycles. The average Bonchev–Trinajstić information content (AvgIpc) is 3.61. The van der Waals surface area contributed by atoms with E-state index in [-0.39, 0.29) is 0 Å². The standard InChI is InChI=1S/C42H34N4/c1-3-45-39-11-7-5-9-33(39)35-25-29(19-23-41(35)45)13-15-31-17-21-37(43-27-31)38-22-18-32(28-44-38)16-14-30-20-24-42-36(26-30)34-10-6-8-12-40(34)46(42)4-2/h5-28H,3-4H2,1-2H3/b15-13+,16-14+. The summed E-state index contributed by atoms with van der Waals surface area (Å²) in [6.07, 6.45) is 12.4. The van der Waals surface area contributed by atoms with Gasteiger partial charge in [0.05, 0.1) is 11.4 Å². The maximum Gasteiger partial charge on any atom is 0.0886 e. The normalized spacial score (nSPS) is 12.1. The summed E-state index contributed by atoms with van der Waals surface area (Å²) in [6.45, 7) is 6.31. The van der Waals surface area contributed by atoms with E-state index in [1.54, 1.807) is 0 Å². The lowest BCUT2D eigenvalue weighted by atomic mass is 10.1. The summed E-state index contributed by atoms with van der Waals surface area (Å²) in [6, 6.07) is 39.0. The molecule has 8 aromatic rings. The smallest absolute Gasteiger partial charge is 0.0886 e. The summed E-state index contributed by atoms with van der Waals surface area (Å²) >= 11 is 0. The summed E-state index contributed by atoms with van der Waals surface area (Å²) in [5.74, 6) is 0. The summed E-state index contributed by atoms with van der Waals surface area (Å²) in [5.41, 5.74) is 11.3. The molecule has 4 aromatic carbocycles. The van der Waals surface area contributed by atoms with Crippen LogP contribution < -0.4 is 0 Å². The van der Waals surface area contributed by atoms with Crippen molar-refractivity contribution in [2.75, 3.05) is 0 Å². The third kappa shape index (κ3) is 4.89. The molecule has 0 atom stereocenters. The molecule has 0 unspecified atom stereocenters. The number of aromatic nitrogens is 4. The Morgan fingerprint density at radius 1 is 0.435 bits per heavy atom. The zero-order valence-electron chi connectivity index (χ0n) is 26.1. The quantitative estimate of drug-likeness (QED) is 0.184. The molecule has 4 nitrogen and oxygen atoms in total. The van der Waals surface area contributed by atoms with E-state index in [2.05, 4.69) is 144 Å². The third-order valence-corrected chi connectivity index (χ3v) is 9.00. The monoisotopic (exact) mass is 594 g/mol. The van der Waals surface area contributed by atoms with Crippen LogP contribution >= 0.6 is 0 Å². The molecule has 4 aromatic heterocycles. The van der Waals surface area contributed by atoms with Crippen molar-refractivity contribution < 1.29 is 0 Å². The Labute approximate surface area is 268 Å². The maximum absolute atomic E-state index is 4.72. The van der Waals surface area contributed by atoms with Crippen LogP contribution in [0.5, 0.6) is 0 Å². The van der Waals surface area contributed by atoms with Crippen LogP contribution in [0.25, 0.3) is 79.3 Å². The summed E-state index contributed by atoms with van der Waals surface area (Å²) in [5, 5.41) is 5.18. The maximum atomic E-state index is 4.72. The summed E-state index contributed by atoms with van der Waals surface area (Å²) in [7, 11) is 0. The minimum absolute atomic E-state index is 0.860. The van der Waals surface area contributed by atoms with Gasteiger partial charge in [-0.05, 0) is 84.6 Å². The van der Waals surface area contributed by atoms with Gasteiger partial charge in [-0.25, -0.2) is 0 Å². The lowest BCUT2D eigenvalue weighted by Crippen LogP contribution is -1.92. The number of rotatable bonds is 7. The molecule has 222 valence electrons. The Morgan fingerprint density at radius 2 is 0.826 bits per heavy atom. The second-order valence-corrected chi connectivity index (χ2v) is 11.7. The number of aryl methyl sites for hydroxylation is 2. The largest absolute Gasteiger partial charge is 0.341 e. The molecule has 46 heavy (non-hydrogen) atoms. The van der Waals surface area contributed by atoms with Crippen LogP contribution in [0, 0.1) is 0 Å². The number of nitrogens with zero attached hydrogens (tertiary/aromatic N) is 4. The van der Waals surface area contributed by atoms with E-state index in [4.69, 9.17) is 9.97 Å². The van der Waals surface area contributed by atoms with Crippen molar-refractivity contribution in [3.05, 3.63) is 144 Å². The van der Waals surface area contributed by atoms with Gasteiger partial charge < -0.3 is 9.13 Å². The molecule has 0 spiro atoms. The Kier molecular flexibility index (Phi) is 7.03. The van der Waals surface area contributed by atoms with Crippen LogP contribution in [0.3, 0.4) is 0 Å². The van der Waals surface area contributed by atoms with Gasteiger partial charge in [0, 0.05) is 69.1 Å². The highest BCUT2D eigenvalue weighted by atomic mass is 15.0. The molecule has 0 amide bonds. The summed E-state index contributed by atoms with van der Waals surface area (Å²) < 4.78 is 4.76. The van der Waals surface area contributed by atoms with E-state index in [9.17, 15) is 0 Å². The Bertz CT molecular complexity index is 2250. The van der Waals surface area contributed by atoms with Gasteiger partial charge in [0.1, 0.15) is 0 Å². The molecule has 4 heteroatoms. The molecule has 0 aliphatic rings. The van der Waals surface area contributed by atoms with Crippen molar-refractivity contribution >= 4 is 67.9 Å². The van der Waals surface area contributed by atoms with E-state index in [1.807, 2.05) is 24.5 Å². The van der Waals surface area contributed by atoms with E-state index < -0.39 is 0 Å². The highest BCUT2D eigenvalue weighted by Crippen LogP contribution is 2.31. The molecule has 0 aliphatic heterocycles. The summed E-state index contributed by atoms with van der Waals surface area (Å²) in [4.78, 5) is 9.43. The number of benzene rings is 4. The molecule has 8 rings (SSSR count). The van der Waals surface area contributed by atoms with Crippen molar-refractivity contribution in [3.8, 4) is 11.4 Å². The van der Waals surface area contributed by atoms with Gasteiger partial charge in [0.15, 0.2) is 0 Å². The van der Waals surface area contributed by atoms with Gasteiger partial charge in [-0.3, -0.25) is 9.97 Å². The Morgan fingerprint density at radius 3 is 1.24 bits per heavy atom. The first-order valence-corrected chi connectivity index (χ1v) is 16.0. The first-order valence-electron chi connectivity index (χ1n) is 16.0. The fourth-order valence-corrected chi connectivity index (χ4v) is 6.73. The molecular weight excluding hydrogens is 560 g/mol. The topological polar surface area (TPSA) is 35.6 Å². The van der Waals surface area contributed by atoms with Crippen molar-refractivity contribution in [1.82, 2.24) is 19.1 Å². The number of hydrogen-bond donors (Lipinski definition) is 0. The lowest BCUT2D eigenvalue weighted by Gasteiger charge is -2.03. The minimum Gasteiger partial charge on any atom is -0.341 e. The van der Waals surface area contributed by atoms with Gasteiger partial charge in [-0.1, -0.05) is 85.0 Å². The highest BCUT2D eigenvalue weighted by molar-refractivity contribution is 6.09.